The second-order valence-corrected chi connectivity index (χ2v) is 6.54. The van der Waals surface area contributed by atoms with Crippen molar-refractivity contribution in [2.75, 3.05) is 0 Å². The zero-order valence-electron chi connectivity index (χ0n) is 10.8. The number of primary sulfonamides is 1. The van der Waals surface area contributed by atoms with Gasteiger partial charge in [0.05, 0.1) is 18.2 Å². The van der Waals surface area contributed by atoms with Gasteiger partial charge in [-0.3, -0.25) is 0 Å². The second kappa shape index (κ2) is 5.94. The van der Waals surface area contributed by atoms with E-state index in [-0.39, 0.29) is 17.3 Å². The molecule has 1 heterocycles. The number of halogens is 1. The lowest BCUT2D eigenvalue weighted by Crippen LogP contribution is -2.14. The summed E-state index contributed by atoms with van der Waals surface area (Å²) in [5, 5.41) is 5.19. The Kier molecular flexibility index (Phi) is 4.46. The Labute approximate surface area is 125 Å². The average Bonchev–Trinajstić information content (AvgIpc) is 2.83. The summed E-state index contributed by atoms with van der Waals surface area (Å²) in [5.41, 5.74) is 0.857. The van der Waals surface area contributed by atoms with Crippen LogP contribution in [-0.2, 0) is 23.2 Å². The Hall–Kier alpha value is -1.38. The normalized spacial score (nSPS) is 11.6. The Morgan fingerprint density at radius 2 is 2.20 bits per heavy atom. The molecule has 6 nitrogen and oxygen atoms in total. The van der Waals surface area contributed by atoms with Gasteiger partial charge in [-0.15, -0.1) is 0 Å². The first kappa shape index (κ1) is 15.0. The summed E-state index contributed by atoms with van der Waals surface area (Å²) in [6.07, 6.45) is 3.37. The van der Waals surface area contributed by atoms with Crippen molar-refractivity contribution in [3.05, 3.63) is 40.9 Å². The highest BCUT2D eigenvalue weighted by molar-refractivity contribution is 9.10. The maximum atomic E-state index is 11.5. The average molecular weight is 360 g/mol. The summed E-state index contributed by atoms with van der Waals surface area (Å²) in [4.78, 5) is 3.98. The van der Waals surface area contributed by atoms with Crippen LogP contribution in [0.3, 0.4) is 0 Å². The lowest BCUT2D eigenvalue weighted by molar-refractivity contribution is 0.287. The fraction of sp³-hybridized carbons (Fsp3) is 0.250. The fourth-order valence-electron chi connectivity index (χ4n) is 1.73. The quantitative estimate of drug-likeness (QED) is 0.882. The summed E-state index contributed by atoms with van der Waals surface area (Å²) >= 11 is 3.21. The van der Waals surface area contributed by atoms with E-state index in [1.807, 2.05) is 11.5 Å². The molecule has 0 aliphatic carbocycles. The van der Waals surface area contributed by atoms with E-state index < -0.39 is 10.0 Å². The van der Waals surface area contributed by atoms with Crippen LogP contribution in [0.1, 0.15) is 12.6 Å². The van der Waals surface area contributed by atoms with E-state index in [9.17, 15) is 8.42 Å². The van der Waals surface area contributed by atoms with Crippen LogP contribution in [0.15, 0.2) is 40.1 Å². The van der Waals surface area contributed by atoms with E-state index in [0.717, 1.165) is 12.2 Å². The van der Waals surface area contributed by atoms with Gasteiger partial charge in [-0.1, -0.05) is 15.9 Å². The maximum Gasteiger partial charge on any atom is 0.241 e. The summed E-state index contributed by atoms with van der Waals surface area (Å²) in [6, 6.07) is 4.68. The van der Waals surface area contributed by atoms with Gasteiger partial charge in [-0.05, 0) is 25.1 Å². The van der Waals surface area contributed by atoms with Crippen LogP contribution >= 0.6 is 15.9 Å². The SMILES string of the molecule is CCn1cncc1COc1ccc(Br)cc1S(N)(=O)=O. The van der Waals surface area contributed by atoms with Gasteiger partial charge >= 0.3 is 0 Å². The standard InChI is InChI=1S/C12H14BrN3O3S/c1-2-16-8-15-6-10(16)7-19-11-4-3-9(13)5-12(11)20(14,17)18/h3-6,8H,2,7H2,1H3,(H2,14,17,18). The number of imidazole rings is 1. The molecule has 2 N–H and O–H groups in total. The Morgan fingerprint density at radius 1 is 1.45 bits per heavy atom. The first-order chi connectivity index (χ1) is 9.41. The highest BCUT2D eigenvalue weighted by Gasteiger charge is 2.16. The van der Waals surface area contributed by atoms with Crippen LogP contribution in [0.25, 0.3) is 0 Å². The summed E-state index contributed by atoms with van der Waals surface area (Å²) in [7, 11) is -3.84. The van der Waals surface area contributed by atoms with E-state index in [1.54, 1.807) is 24.7 Å². The van der Waals surface area contributed by atoms with Crippen molar-refractivity contribution in [1.29, 1.82) is 0 Å². The predicted octanol–water partition coefficient (Wildman–Crippen LogP) is 1.89. The van der Waals surface area contributed by atoms with Gasteiger partial charge in [0.15, 0.2) is 0 Å². The number of nitrogens with zero attached hydrogens (tertiary/aromatic N) is 2. The first-order valence-corrected chi connectivity index (χ1v) is 8.20. The van der Waals surface area contributed by atoms with Gasteiger partial charge in [-0.25, -0.2) is 18.5 Å². The number of rotatable bonds is 5. The molecule has 0 bridgehead atoms. The summed E-state index contributed by atoms with van der Waals surface area (Å²) in [5.74, 6) is 0.222. The van der Waals surface area contributed by atoms with Gasteiger partial charge in [0, 0.05) is 11.0 Å². The van der Waals surface area contributed by atoms with Crippen molar-refractivity contribution in [2.24, 2.45) is 5.14 Å². The van der Waals surface area contributed by atoms with Crippen molar-refractivity contribution >= 4 is 26.0 Å². The summed E-state index contributed by atoms with van der Waals surface area (Å²) < 4.78 is 31.2. The number of benzene rings is 1. The van der Waals surface area contributed by atoms with E-state index in [1.165, 1.54) is 6.07 Å². The molecule has 1 aromatic heterocycles. The largest absolute Gasteiger partial charge is 0.486 e. The van der Waals surface area contributed by atoms with E-state index >= 15 is 0 Å². The number of sulfonamides is 1. The van der Waals surface area contributed by atoms with Gasteiger partial charge in [0.2, 0.25) is 10.0 Å². The number of aromatic nitrogens is 2. The zero-order chi connectivity index (χ0) is 14.8. The number of ether oxygens (including phenoxy) is 1. The maximum absolute atomic E-state index is 11.5. The van der Waals surface area contributed by atoms with Crippen molar-refractivity contribution in [3.8, 4) is 5.75 Å². The smallest absolute Gasteiger partial charge is 0.241 e. The molecule has 0 unspecified atom stereocenters. The molecule has 2 aromatic rings. The number of hydrogen-bond donors (Lipinski definition) is 1. The first-order valence-electron chi connectivity index (χ1n) is 5.86. The minimum absolute atomic E-state index is 0.0468. The molecule has 8 heteroatoms. The van der Waals surface area contributed by atoms with Crippen LogP contribution in [-0.4, -0.2) is 18.0 Å². The van der Waals surface area contributed by atoms with Crippen molar-refractivity contribution in [1.82, 2.24) is 9.55 Å². The highest BCUT2D eigenvalue weighted by atomic mass is 79.9. The lowest BCUT2D eigenvalue weighted by Gasteiger charge is -2.11. The second-order valence-electron chi connectivity index (χ2n) is 4.10. The molecule has 20 heavy (non-hydrogen) atoms. The Balaban J connectivity index is 2.26. The molecular weight excluding hydrogens is 346 g/mol. The molecule has 0 aliphatic heterocycles. The lowest BCUT2D eigenvalue weighted by atomic mass is 10.3. The molecule has 2 rings (SSSR count). The van der Waals surface area contributed by atoms with Gasteiger partial charge in [-0.2, -0.15) is 0 Å². The number of aryl methyl sites for hydroxylation is 1. The predicted molar refractivity (Wildman–Crippen MR) is 77.7 cm³/mol. The van der Waals surface area contributed by atoms with Gasteiger partial charge < -0.3 is 9.30 Å². The third-order valence-corrected chi connectivity index (χ3v) is 4.15. The van der Waals surface area contributed by atoms with Gasteiger partial charge in [0.25, 0.3) is 0 Å². The van der Waals surface area contributed by atoms with Gasteiger partial charge in [0.1, 0.15) is 17.3 Å². The minimum atomic E-state index is -3.84. The molecule has 0 aliphatic rings. The number of nitrogens with two attached hydrogens (primary N) is 1. The topological polar surface area (TPSA) is 87.2 Å². The molecule has 108 valence electrons. The minimum Gasteiger partial charge on any atom is -0.486 e. The number of hydrogen-bond acceptors (Lipinski definition) is 4. The molecule has 0 amide bonds. The Morgan fingerprint density at radius 3 is 2.85 bits per heavy atom. The molecule has 1 aromatic carbocycles. The zero-order valence-corrected chi connectivity index (χ0v) is 13.2. The fourth-order valence-corrected chi connectivity index (χ4v) is 2.94. The van der Waals surface area contributed by atoms with Crippen LogP contribution in [0, 0.1) is 0 Å². The molecule has 0 saturated carbocycles. The summed E-state index contributed by atoms with van der Waals surface area (Å²) in [6.45, 7) is 2.97. The van der Waals surface area contributed by atoms with Crippen LogP contribution in [0.2, 0.25) is 0 Å². The molecule has 0 atom stereocenters. The van der Waals surface area contributed by atoms with E-state index in [2.05, 4.69) is 20.9 Å². The van der Waals surface area contributed by atoms with Crippen LogP contribution in [0.5, 0.6) is 5.75 Å². The Bertz CT molecular complexity index is 712. The molecule has 0 saturated heterocycles. The molecular formula is C12H14BrN3O3S. The van der Waals surface area contributed by atoms with Crippen molar-refractivity contribution < 1.29 is 13.2 Å². The van der Waals surface area contributed by atoms with Crippen molar-refractivity contribution in [2.45, 2.75) is 25.0 Å². The monoisotopic (exact) mass is 359 g/mol. The molecule has 0 spiro atoms. The third kappa shape index (κ3) is 3.38. The van der Waals surface area contributed by atoms with Crippen LogP contribution < -0.4 is 9.88 Å². The molecule has 0 radical (unpaired) electrons. The van der Waals surface area contributed by atoms with E-state index in [4.69, 9.17) is 9.88 Å². The molecule has 0 fully saturated rings. The van der Waals surface area contributed by atoms with Crippen molar-refractivity contribution in [3.63, 3.8) is 0 Å². The van der Waals surface area contributed by atoms with Crippen LogP contribution in [0.4, 0.5) is 0 Å². The third-order valence-electron chi connectivity index (χ3n) is 2.73. The van der Waals surface area contributed by atoms with E-state index in [0.29, 0.717) is 4.47 Å². The highest BCUT2D eigenvalue weighted by Crippen LogP contribution is 2.27.